The standard InChI is InChI=1S/C16H22N6O/c1-12-3-5-14(6-4-12)16-18-20-22(19-16)11-15(23)21-8-7-13(10-21)9-17-2/h3-6,13,17H,7-11H2,1-2H3. The highest BCUT2D eigenvalue weighted by Crippen LogP contribution is 2.16. The lowest BCUT2D eigenvalue weighted by molar-refractivity contribution is -0.131. The Morgan fingerprint density at radius 3 is 2.87 bits per heavy atom. The zero-order chi connectivity index (χ0) is 16.2. The van der Waals surface area contributed by atoms with E-state index in [0.717, 1.165) is 31.6 Å². The summed E-state index contributed by atoms with van der Waals surface area (Å²) in [5, 5.41) is 15.5. The summed E-state index contributed by atoms with van der Waals surface area (Å²) in [5.41, 5.74) is 2.09. The van der Waals surface area contributed by atoms with Crippen LogP contribution in [0.5, 0.6) is 0 Å². The molecule has 0 bridgehead atoms. The van der Waals surface area contributed by atoms with Crippen LogP contribution in [0.4, 0.5) is 0 Å². The third kappa shape index (κ3) is 3.73. The van der Waals surface area contributed by atoms with Crippen molar-refractivity contribution in [1.82, 2.24) is 30.4 Å². The summed E-state index contributed by atoms with van der Waals surface area (Å²) in [7, 11) is 1.94. The Labute approximate surface area is 135 Å². The average molecular weight is 314 g/mol. The number of aryl methyl sites for hydroxylation is 1. The van der Waals surface area contributed by atoms with Crippen LogP contribution in [0.1, 0.15) is 12.0 Å². The monoisotopic (exact) mass is 314 g/mol. The minimum atomic E-state index is 0.0523. The number of carbonyl (C=O) groups is 1. The van der Waals surface area contributed by atoms with E-state index in [4.69, 9.17) is 0 Å². The van der Waals surface area contributed by atoms with Gasteiger partial charge in [-0.15, -0.1) is 10.2 Å². The van der Waals surface area contributed by atoms with Crippen molar-refractivity contribution in [3.05, 3.63) is 29.8 Å². The van der Waals surface area contributed by atoms with Crippen LogP contribution in [0.3, 0.4) is 0 Å². The molecule has 1 saturated heterocycles. The van der Waals surface area contributed by atoms with Crippen LogP contribution in [-0.2, 0) is 11.3 Å². The van der Waals surface area contributed by atoms with E-state index in [9.17, 15) is 4.79 Å². The van der Waals surface area contributed by atoms with Crippen LogP contribution in [0.2, 0.25) is 0 Å². The number of nitrogens with zero attached hydrogens (tertiary/aromatic N) is 5. The first kappa shape index (κ1) is 15.6. The Morgan fingerprint density at radius 2 is 2.13 bits per heavy atom. The Kier molecular flexibility index (Phi) is 4.66. The molecule has 122 valence electrons. The third-order valence-corrected chi connectivity index (χ3v) is 4.17. The molecule has 1 amide bonds. The fourth-order valence-electron chi connectivity index (χ4n) is 2.86. The Bertz CT molecular complexity index is 665. The van der Waals surface area contributed by atoms with Gasteiger partial charge in [0.05, 0.1) is 0 Å². The van der Waals surface area contributed by atoms with Gasteiger partial charge in [-0.2, -0.15) is 4.80 Å². The van der Waals surface area contributed by atoms with Gasteiger partial charge in [-0.1, -0.05) is 29.8 Å². The molecule has 0 spiro atoms. The van der Waals surface area contributed by atoms with Crippen molar-refractivity contribution in [2.24, 2.45) is 5.92 Å². The van der Waals surface area contributed by atoms with E-state index in [1.807, 2.05) is 43.1 Å². The molecule has 23 heavy (non-hydrogen) atoms. The fourth-order valence-corrected chi connectivity index (χ4v) is 2.86. The van der Waals surface area contributed by atoms with Crippen LogP contribution in [-0.4, -0.2) is 57.7 Å². The maximum Gasteiger partial charge on any atom is 0.246 e. The molecule has 1 N–H and O–H groups in total. The first-order valence-corrected chi connectivity index (χ1v) is 7.93. The summed E-state index contributed by atoms with van der Waals surface area (Å²) in [4.78, 5) is 15.6. The first-order chi connectivity index (χ1) is 11.2. The molecule has 2 aromatic rings. The summed E-state index contributed by atoms with van der Waals surface area (Å²) in [6.45, 7) is 4.74. The molecule has 1 aliphatic rings. The van der Waals surface area contributed by atoms with E-state index in [0.29, 0.717) is 11.7 Å². The Hall–Kier alpha value is -2.28. The van der Waals surface area contributed by atoms with Gasteiger partial charge >= 0.3 is 0 Å². The van der Waals surface area contributed by atoms with Crippen LogP contribution in [0, 0.1) is 12.8 Å². The number of hydrogen-bond donors (Lipinski definition) is 1. The minimum Gasteiger partial charge on any atom is -0.341 e. The number of rotatable bonds is 5. The topological polar surface area (TPSA) is 75.9 Å². The number of aromatic nitrogens is 4. The van der Waals surface area contributed by atoms with Gasteiger partial charge in [0.1, 0.15) is 6.54 Å². The zero-order valence-corrected chi connectivity index (χ0v) is 13.6. The number of carbonyl (C=O) groups excluding carboxylic acids is 1. The number of nitrogens with one attached hydrogen (secondary N) is 1. The lowest BCUT2D eigenvalue weighted by Crippen LogP contribution is -2.33. The first-order valence-electron chi connectivity index (χ1n) is 7.93. The lowest BCUT2D eigenvalue weighted by atomic mass is 10.1. The Morgan fingerprint density at radius 1 is 1.35 bits per heavy atom. The predicted octanol–water partition coefficient (Wildman–Crippen LogP) is 0.716. The van der Waals surface area contributed by atoms with E-state index < -0.39 is 0 Å². The van der Waals surface area contributed by atoms with Crippen molar-refractivity contribution in [3.8, 4) is 11.4 Å². The molecule has 0 aliphatic carbocycles. The number of likely N-dealkylation sites (tertiary alicyclic amines) is 1. The van der Waals surface area contributed by atoms with Crippen LogP contribution < -0.4 is 5.32 Å². The van der Waals surface area contributed by atoms with Gasteiger partial charge in [-0.25, -0.2) is 0 Å². The maximum absolute atomic E-state index is 12.3. The summed E-state index contributed by atoms with van der Waals surface area (Å²) >= 11 is 0. The van der Waals surface area contributed by atoms with E-state index in [-0.39, 0.29) is 12.5 Å². The SMILES string of the molecule is CNCC1CCN(C(=O)Cn2nnc(-c3ccc(C)cc3)n2)C1. The molecule has 1 aromatic carbocycles. The molecule has 7 nitrogen and oxygen atoms in total. The van der Waals surface area contributed by atoms with E-state index in [1.165, 1.54) is 10.4 Å². The molecule has 3 rings (SSSR count). The molecule has 1 aliphatic heterocycles. The van der Waals surface area contributed by atoms with Crippen LogP contribution >= 0.6 is 0 Å². The number of amides is 1. The van der Waals surface area contributed by atoms with Crippen molar-refractivity contribution in [1.29, 1.82) is 0 Å². The van der Waals surface area contributed by atoms with Gasteiger partial charge in [0.15, 0.2) is 0 Å². The molecule has 0 saturated carbocycles. The molecule has 1 fully saturated rings. The molecule has 0 radical (unpaired) electrons. The fraction of sp³-hybridized carbons (Fsp3) is 0.500. The smallest absolute Gasteiger partial charge is 0.246 e. The van der Waals surface area contributed by atoms with Gasteiger partial charge in [-0.05, 0) is 38.1 Å². The summed E-state index contributed by atoms with van der Waals surface area (Å²) in [6, 6.07) is 7.93. The van der Waals surface area contributed by atoms with Crippen molar-refractivity contribution < 1.29 is 4.79 Å². The highest BCUT2D eigenvalue weighted by molar-refractivity contribution is 5.76. The van der Waals surface area contributed by atoms with Crippen LogP contribution in [0.15, 0.2) is 24.3 Å². The Balaban J connectivity index is 1.61. The number of tetrazole rings is 1. The second kappa shape index (κ2) is 6.87. The number of hydrogen-bond acceptors (Lipinski definition) is 5. The summed E-state index contributed by atoms with van der Waals surface area (Å²) < 4.78 is 0. The van der Waals surface area contributed by atoms with E-state index >= 15 is 0 Å². The van der Waals surface area contributed by atoms with E-state index in [1.54, 1.807) is 0 Å². The van der Waals surface area contributed by atoms with Crippen molar-refractivity contribution in [2.45, 2.75) is 19.9 Å². The van der Waals surface area contributed by atoms with Crippen molar-refractivity contribution >= 4 is 5.91 Å². The van der Waals surface area contributed by atoms with Gasteiger partial charge < -0.3 is 10.2 Å². The highest BCUT2D eigenvalue weighted by Gasteiger charge is 2.26. The van der Waals surface area contributed by atoms with Crippen LogP contribution in [0.25, 0.3) is 11.4 Å². The molecular weight excluding hydrogens is 292 g/mol. The quantitative estimate of drug-likeness (QED) is 0.880. The maximum atomic E-state index is 12.3. The van der Waals surface area contributed by atoms with Gasteiger partial charge in [-0.3, -0.25) is 4.79 Å². The van der Waals surface area contributed by atoms with Crippen molar-refractivity contribution in [3.63, 3.8) is 0 Å². The molecule has 1 atom stereocenters. The second-order valence-electron chi connectivity index (χ2n) is 6.06. The molecule has 1 unspecified atom stereocenters. The third-order valence-electron chi connectivity index (χ3n) is 4.17. The molecule has 1 aromatic heterocycles. The lowest BCUT2D eigenvalue weighted by Gasteiger charge is -2.15. The molecular formula is C16H22N6O. The zero-order valence-electron chi connectivity index (χ0n) is 13.6. The normalized spacial score (nSPS) is 17.7. The number of benzene rings is 1. The average Bonchev–Trinajstić information content (AvgIpc) is 3.18. The summed E-state index contributed by atoms with van der Waals surface area (Å²) in [6.07, 6.45) is 1.05. The molecule has 7 heteroatoms. The summed E-state index contributed by atoms with van der Waals surface area (Å²) in [5.74, 6) is 1.14. The molecule has 2 heterocycles. The highest BCUT2D eigenvalue weighted by atomic mass is 16.2. The predicted molar refractivity (Wildman–Crippen MR) is 86.6 cm³/mol. The van der Waals surface area contributed by atoms with E-state index in [2.05, 4.69) is 20.7 Å². The largest absolute Gasteiger partial charge is 0.341 e. The minimum absolute atomic E-state index is 0.0523. The van der Waals surface area contributed by atoms with Crippen molar-refractivity contribution in [2.75, 3.05) is 26.7 Å². The van der Waals surface area contributed by atoms with Gasteiger partial charge in [0.25, 0.3) is 0 Å². The van der Waals surface area contributed by atoms with Gasteiger partial charge in [0, 0.05) is 18.7 Å². The second-order valence-corrected chi connectivity index (χ2v) is 6.06. The van der Waals surface area contributed by atoms with Gasteiger partial charge in [0.2, 0.25) is 11.7 Å².